The van der Waals surface area contributed by atoms with E-state index in [0.717, 1.165) is 12.1 Å². The van der Waals surface area contributed by atoms with E-state index in [0.29, 0.717) is 42.4 Å². The van der Waals surface area contributed by atoms with Gasteiger partial charge in [-0.3, -0.25) is 24.2 Å². The number of likely N-dealkylation sites (tertiary alicyclic amines) is 1. The number of piperidine rings is 1. The number of methoxy groups -OCH3 is 3. The van der Waals surface area contributed by atoms with Gasteiger partial charge in [-0.15, -0.1) is 0 Å². The molecule has 3 aliphatic heterocycles. The van der Waals surface area contributed by atoms with Crippen molar-refractivity contribution in [1.82, 2.24) is 19.3 Å². The number of pyridine rings is 1. The van der Waals surface area contributed by atoms with Crippen LogP contribution in [0.15, 0.2) is 35.1 Å². The van der Waals surface area contributed by atoms with Crippen LogP contribution in [0.25, 0.3) is 0 Å². The molecule has 3 aliphatic rings. The highest BCUT2D eigenvalue weighted by Gasteiger charge is 2.56. The Hall–Kier alpha value is -3.44. The number of nitrogens with zero attached hydrogens (tertiary/aromatic N) is 4. The van der Waals surface area contributed by atoms with Crippen molar-refractivity contribution in [3.8, 4) is 17.2 Å². The van der Waals surface area contributed by atoms with Gasteiger partial charge in [0.2, 0.25) is 17.6 Å². The van der Waals surface area contributed by atoms with Crippen molar-refractivity contribution in [2.45, 2.75) is 25.3 Å². The lowest BCUT2D eigenvalue weighted by atomic mass is 9.75. The average Bonchev–Trinajstić information content (AvgIpc) is 2.94. The number of carbonyl (C=O) groups is 2. The Bertz CT molecular complexity index is 1370. The number of carbonyl (C=O) groups excluding carboxylic acids is 2. The van der Waals surface area contributed by atoms with E-state index in [1.807, 2.05) is 16.7 Å². The maximum absolute atomic E-state index is 14.1. The van der Waals surface area contributed by atoms with E-state index in [-0.39, 0.29) is 47.3 Å². The van der Waals surface area contributed by atoms with E-state index in [1.54, 1.807) is 32.3 Å². The number of fused-ring (bicyclic) bond motifs is 4. The van der Waals surface area contributed by atoms with Crippen molar-refractivity contribution in [1.29, 1.82) is 0 Å². The second-order valence-electron chi connectivity index (χ2n) is 10.7. The highest BCUT2D eigenvalue weighted by molar-refractivity contribution is 7.80. The Morgan fingerprint density at radius 1 is 0.897 bits per heavy atom. The third-order valence-corrected chi connectivity index (χ3v) is 8.88. The number of rotatable bonds is 7. The van der Waals surface area contributed by atoms with Crippen molar-refractivity contribution in [3.63, 3.8) is 0 Å². The number of aromatic nitrogens is 1. The molecular weight excluding hydrogens is 520 g/mol. The molecule has 2 aromatic rings. The monoisotopic (exact) mass is 554 g/mol. The number of hydrogen-bond acceptors (Lipinski definition) is 8. The Labute approximate surface area is 233 Å². The molecule has 2 amide bonds. The maximum Gasteiger partial charge on any atom is 0.250 e. The highest BCUT2D eigenvalue weighted by Crippen LogP contribution is 2.44. The molecule has 2 fully saturated rings. The van der Waals surface area contributed by atoms with Gasteiger partial charge in [0.25, 0.3) is 5.56 Å². The Morgan fingerprint density at radius 3 is 2.23 bits per heavy atom. The Balaban J connectivity index is 1.56. The molecule has 5 rings (SSSR count). The molecule has 208 valence electrons. The number of ether oxygens (including phenoxy) is 3. The minimum absolute atomic E-state index is 0.0158. The van der Waals surface area contributed by atoms with Gasteiger partial charge in [0.1, 0.15) is 5.41 Å². The fourth-order valence-electron chi connectivity index (χ4n) is 6.61. The molecule has 0 saturated carbocycles. The predicted octanol–water partition coefficient (Wildman–Crippen LogP) is 1.74. The van der Waals surface area contributed by atoms with Crippen LogP contribution in [0.3, 0.4) is 0 Å². The van der Waals surface area contributed by atoms with Gasteiger partial charge in [0.15, 0.2) is 16.6 Å². The van der Waals surface area contributed by atoms with Gasteiger partial charge in [-0.1, -0.05) is 12.1 Å². The average molecular weight is 555 g/mol. The Kier molecular flexibility index (Phi) is 7.15. The summed E-state index contributed by atoms with van der Waals surface area (Å²) in [5, 5.41) is 0.170. The van der Waals surface area contributed by atoms with Crippen LogP contribution in [-0.2, 0) is 22.6 Å². The van der Waals surface area contributed by atoms with E-state index >= 15 is 0 Å². The van der Waals surface area contributed by atoms with E-state index in [9.17, 15) is 14.4 Å². The molecule has 11 heteroatoms. The van der Waals surface area contributed by atoms with Gasteiger partial charge in [-0.2, -0.15) is 0 Å². The SMILES string of the molecule is COc1ccc(CC2(CN3C[C@@H]4C[C@H](C3)c3cccc(=O)n3C4)C(=O)N(C)C(=S)N(C)C2=O)c(OC)c1OC. The third-order valence-electron chi connectivity index (χ3n) is 8.33. The number of thiocarbonyl (C=S) groups is 1. The fraction of sp³-hybridized carbons (Fsp3) is 0.500. The van der Waals surface area contributed by atoms with E-state index < -0.39 is 5.41 Å². The molecule has 1 aromatic carbocycles. The molecular formula is C28H34N4O6S. The Morgan fingerprint density at radius 2 is 1.59 bits per heavy atom. The summed E-state index contributed by atoms with van der Waals surface area (Å²) in [6.07, 6.45) is 1.07. The lowest BCUT2D eigenvalue weighted by molar-refractivity contribution is -0.157. The van der Waals surface area contributed by atoms with E-state index in [4.69, 9.17) is 26.4 Å². The summed E-state index contributed by atoms with van der Waals surface area (Å²) in [5.74, 6) is 0.995. The second-order valence-corrected chi connectivity index (χ2v) is 11.0. The fourth-order valence-corrected chi connectivity index (χ4v) is 6.77. The van der Waals surface area contributed by atoms with Gasteiger partial charge in [0.05, 0.1) is 21.3 Å². The largest absolute Gasteiger partial charge is 0.493 e. The third kappa shape index (κ3) is 4.37. The summed E-state index contributed by atoms with van der Waals surface area (Å²) in [6.45, 7) is 2.16. The molecule has 2 atom stereocenters. The standard InChI is InChI=1S/C28H34N4O6S/c1-29-25(34)28(26(35)30(2)27(29)39,12-18-9-10-21(36-3)24(38-5)23(18)37-4)16-31-13-17-11-19(15-31)20-7-6-8-22(33)32(20)14-17/h6-10,17,19H,11-16H2,1-5H3/t17-,19+/m0/s1. The van der Waals surface area contributed by atoms with Crippen LogP contribution in [-0.4, -0.2) is 91.3 Å². The second kappa shape index (κ2) is 10.3. The smallest absolute Gasteiger partial charge is 0.250 e. The van der Waals surface area contributed by atoms with Crippen LogP contribution in [0.4, 0.5) is 0 Å². The van der Waals surface area contributed by atoms with Gasteiger partial charge < -0.3 is 23.7 Å². The van der Waals surface area contributed by atoms with Gasteiger partial charge in [-0.05, 0) is 42.3 Å². The van der Waals surface area contributed by atoms with Gasteiger partial charge >= 0.3 is 0 Å². The zero-order chi connectivity index (χ0) is 28.1. The molecule has 10 nitrogen and oxygen atoms in total. The maximum atomic E-state index is 14.1. The van der Waals surface area contributed by atoms with Crippen molar-refractivity contribution in [3.05, 3.63) is 51.9 Å². The molecule has 0 N–H and O–H groups in total. The summed E-state index contributed by atoms with van der Waals surface area (Å²) in [7, 11) is 7.81. The van der Waals surface area contributed by atoms with Crippen molar-refractivity contribution in [2.75, 3.05) is 55.1 Å². The molecule has 2 saturated heterocycles. The molecule has 2 bridgehead atoms. The summed E-state index contributed by atoms with van der Waals surface area (Å²) >= 11 is 5.42. The predicted molar refractivity (Wildman–Crippen MR) is 148 cm³/mol. The zero-order valence-electron chi connectivity index (χ0n) is 22.9. The highest BCUT2D eigenvalue weighted by atomic mass is 32.1. The normalized spacial score (nSPS) is 22.5. The van der Waals surface area contributed by atoms with Crippen LogP contribution in [0.2, 0.25) is 0 Å². The zero-order valence-corrected chi connectivity index (χ0v) is 23.7. The topological polar surface area (TPSA) is 93.6 Å². The van der Waals surface area contributed by atoms with Crippen LogP contribution in [0, 0.1) is 11.3 Å². The molecule has 39 heavy (non-hydrogen) atoms. The van der Waals surface area contributed by atoms with E-state index in [1.165, 1.54) is 31.1 Å². The minimum Gasteiger partial charge on any atom is -0.493 e. The first-order valence-electron chi connectivity index (χ1n) is 12.9. The van der Waals surface area contributed by atoms with E-state index in [2.05, 4.69) is 4.90 Å². The van der Waals surface area contributed by atoms with Gasteiger partial charge in [-0.25, -0.2) is 0 Å². The van der Waals surface area contributed by atoms with Crippen LogP contribution < -0.4 is 19.8 Å². The number of benzene rings is 1. The summed E-state index contributed by atoms with van der Waals surface area (Å²) in [5.41, 5.74) is 0.235. The number of amides is 2. The van der Waals surface area contributed by atoms with Crippen LogP contribution in [0.5, 0.6) is 17.2 Å². The molecule has 0 unspecified atom stereocenters. The quantitative estimate of drug-likeness (QED) is 0.378. The lowest BCUT2D eigenvalue weighted by Gasteiger charge is -2.48. The van der Waals surface area contributed by atoms with Crippen LogP contribution >= 0.6 is 12.2 Å². The van der Waals surface area contributed by atoms with Gasteiger partial charge in [0, 0.05) is 64.4 Å². The molecule has 4 heterocycles. The molecule has 0 spiro atoms. The summed E-state index contributed by atoms with van der Waals surface area (Å²) in [4.78, 5) is 45.7. The first-order valence-corrected chi connectivity index (χ1v) is 13.4. The van der Waals surface area contributed by atoms with Crippen LogP contribution in [0.1, 0.15) is 23.6 Å². The number of hydrogen-bond donors (Lipinski definition) is 0. The van der Waals surface area contributed by atoms with Crippen molar-refractivity contribution in [2.24, 2.45) is 11.3 Å². The molecule has 0 aliphatic carbocycles. The molecule has 0 radical (unpaired) electrons. The van der Waals surface area contributed by atoms with Crippen molar-refractivity contribution >= 4 is 29.1 Å². The summed E-state index contributed by atoms with van der Waals surface area (Å²) in [6, 6.07) is 8.97. The molecule has 1 aromatic heterocycles. The first kappa shape index (κ1) is 27.1. The first-order chi connectivity index (χ1) is 18.6. The lowest BCUT2D eigenvalue weighted by Crippen LogP contribution is -2.67. The summed E-state index contributed by atoms with van der Waals surface area (Å²) < 4.78 is 18.6. The van der Waals surface area contributed by atoms with Crippen molar-refractivity contribution < 1.29 is 23.8 Å². The minimum atomic E-state index is -1.44.